The summed E-state index contributed by atoms with van der Waals surface area (Å²) in [5.41, 5.74) is 1.02. The Balaban J connectivity index is 2.14. The molecule has 2 nitrogen and oxygen atoms in total. The number of amides is 1. The topological polar surface area (TPSA) is 29.1 Å². The average Bonchev–Trinajstić information content (AvgIpc) is 2.32. The summed E-state index contributed by atoms with van der Waals surface area (Å²) < 4.78 is 12.6. The minimum atomic E-state index is -0.237. The number of carbonyl (C=O) groups excluding carboxylic acids is 1. The molecule has 0 bridgehead atoms. The largest absolute Gasteiger partial charge is 0.356 e. The molecule has 0 spiro atoms. The van der Waals surface area contributed by atoms with Gasteiger partial charge in [0.15, 0.2) is 0 Å². The summed E-state index contributed by atoms with van der Waals surface area (Å²) >= 11 is 5.52. The molecular weight excluding hydrogens is 241 g/mol. The van der Waals surface area contributed by atoms with Crippen molar-refractivity contribution in [3.8, 4) is 0 Å². The third kappa shape index (κ3) is 6.27. The van der Waals surface area contributed by atoms with Crippen LogP contribution in [0.15, 0.2) is 24.3 Å². The monoisotopic (exact) mass is 257 g/mol. The first kappa shape index (κ1) is 14.0. The Bertz CT molecular complexity index is 340. The van der Waals surface area contributed by atoms with E-state index in [0.717, 1.165) is 24.8 Å². The van der Waals surface area contributed by atoms with Gasteiger partial charge in [-0.1, -0.05) is 12.1 Å². The second-order valence-electron chi connectivity index (χ2n) is 3.87. The van der Waals surface area contributed by atoms with Crippen molar-refractivity contribution < 1.29 is 9.18 Å². The Morgan fingerprint density at radius 1 is 1.24 bits per heavy atom. The minimum Gasteiger partial charge on any atom is -0.356 e. The predicted octanol–water partition coefficient (Wildman–Crippen LogP) is 2.89. The van der Waals surface area contributed by atoms with Crippen LogP contribution in [0.25, 0.3) is 0 Å². The van der Waals surface area contributed by atoms with Gasteiger partial charge >= 0.3 is 0 Å². The van der Waals surface area contributed by atoms with Crippen molar-refractivity contribution >= 4 is 17.5 Å². The van der Waals surface area contributed by atoms with Gasteiger partial charge in [-0.15, -0.1) is 11.6 Å². The SMILES string of the molecule is O=C(CCCCCl)NCCc1ccc(F)cc1. The summed E-state index contributed by atoms with van der Waals surface area (Å²) in [5.74, 6) is 0.416. The van der Waals surface area contributed by atoms with Crippen LogP contribution in [0, 0.1) is 5.82 Å². The molecule has 0 saturated heterocycles. The Hall–Kier alpha value is -1.09. The number of nitrogens with one attached hydrogen (secondary N) is 1. The normalized spacial score (nSPS) is 10.2. The first-order chi connectivity index (χ1) is 8.22. The van der Waals surface area contributed by atoms with Gasteiger partial charge in [-0.2, -0.15) is 0 Å². The molecule has 1 aromatic rings. The van der Waals surface area contributed by atoms with E-state index in [1.807, 2.05) is 0 Å². The molecule has 4 heteroatoms. The van der Waals surface area contributed by atoms with Gasteiger partial charge in [0.1, 0.15) is 5.82 Å². The molecule has 0 aromatic heterocycles. The molecule has 17 heavy (non-hydrogen) atoms. The van der Waals surface area contributed by atoms with Crippen LogP contribution in [0.2, 0.25) is 0 Å². The highest BCUT2D eigenvalue weighted by Crippen LogP contribution is 2.03. The van der Waals surface area contributed by atoms with E-state index in [0.29, 0.717) is 18.8 Å². The third-order valence-corrected chi connectivity index (χ3v) is 2.70. The smallest absolute Gasteiger partial charge is 0.220 e. The van der Waals surface area contributed by atoms with Crippen molar-refractivity contribution in [2.45, 2.75) is 25.7 Å². The van der Waals surface area contributed by atoms with Crippen LogP contribution >= 0.6 is 11.6 Å². The maximum atomic E-state index is 12.6. The van der Waals surface area contributed by atoms with Crippen molar-refractivity contribution in [1.82, 2.24) is 5.32 Å². The zero-order valence-electron chi connectivity index (χ0n) is 9.72. The fourth-order valence-electron chi connectivity index (χ4n) is 1.47. The molecule has 1 N–H and O–H groups in total. The van der Waals surface area contributed by atoms with Gasteiger partial charge in [-0.3, -0.25) is 4.79 Å². The Morgan fingerprint density at radius 3 is 2.59 bits per heavy atom. The molecule has 0 fully saturated rings. The quantitative estimate of drug-likeness (QED) is 0.591. The molecule has 1 rings (SSSR count). The van der Waals surface area contributed by atoms with E-state index < -0.39 is 0 Å². The Morgan fingerprint density at radius 2 is 1.94 bits per heavy atom. The lowest BCUT2D eigenvalue weighted by molar-refractivity contribution is -0.121. The number of hydrogen-bond donors (Lipinski definition) is 1. The lowest BCUT2D eigenvalue weighted by Gasteiger charge is -2.05. The first-order valence-electron chi connectivity index (χ1n) is 5.79. The molecular formula is C13H17ClFNO. The van der Waals surface area contributed by atoms with Gasteiger partial charge in [0, 0.05) is 18.8 Å². The number of carbonyl (C=O) groups is 1. The number of unbranched alkanes of at least 4 members (excludes halogenated alkanes) is 1. The molecule has 0 unspecified atom stereocenters. The van der Waals surface area contributed by atoms with Crippen molar-refractivity contribution in [3.05, 3.63) is 35.6 Å². The summed E-state index contributed by atoms with van der Waals surface area (Å²) in [6.45, 7) is 0.589. The maximum Gasteiger partial charge on any atom is 0.220 e. The van der Waals surface area contributed by atoms with Crippen LogP contribution in [0.5, 0.6) is 0 Å². The van der Waals surface area contributed by atoms with Gasteiger partial charge in [-0.05, 0) is 37.0 Å². The van der Waals surface area contributed by atoms with E-state index in [9.17, 15) is 9.18 Å². The fourth-order valence-corrected chi connectivity index (χ4v) is 1.65. The van der Waals surface area contributed by atoms with Crippen LogP contribution in [0.1, 0.15) is 24.8 Å². The van der Waals surface area contributed by atoms with Crippen LogP contribution in [-0.2, 0) is 11.2 Å². The van der Waals surface area contributed by atoms with Crippen LogP contribution in [0.3, 0.4) is 0 Å². The van der Waals surface area contributed by atoms with Crippen LogP contribution in [0.4, 0.5) is 4.39 Å². The van der Waals surface area contributed by atoms with E-state index >= 15 is 0 Å². The van der Waals surface area contributed by atoms with Gasteiger partial charge in [0.25, 0.3) is 0 Å². The van der Waals surface area contributed by atoms with E-state index in [-0.39, 0.29) is 11.7 Å². The number of hydrogen-bond acceptors (Lipinski definition) is 1. The number of halogens is 2. The molecule has 0 radical (unpaired) electrons. The predicted molar refractivity (Wildman–Crippen MR) is 67.7 cm³/mol. The second kappa shape index (κ2) is 8.07. The summed E-state index contributed by atoms with van der Waals surface area (Å²) in [5, 5.41) is 2.83. The summed E-state index contributed by atoms with van der Waals surface area (Å²) in [6.07, 6.45) is 2.94. The molecule has 0 aliphatic rings. The molecule has 1 aromatic carbocycles. The zero-order valence-corrected chi connectivity index (χ0v) is 10.5. The standard InChI is InChI=1S/C13H17ClFNO/c14-9-2-1-3-13(17)16-10-8-11-4-6-12(15)7-5-11/h4-7H,1-3,8-10H2,(H,16,17). The fraction of sp³-hybridized carbons (Fsp3) is 0.462. The third-order valence-electron chi connectivity index (χ3n) is 2.44. The summed E-state index contributed by atoms with van der Waals surface area (Å²) in [7, 11) is 0. The Labute approximate surface area is 106 Å². The van der Waals surface area contributed by atoms with E-state index in [1.54, 1.807) is 12.1 Å². The highest BCUT2D eigenvalue weighted by molar-refractivity contribution is 6.17. The molecule has 0 aliphatic heterocycles. The molecule has 0 atom stereocenters. The molecule has 1 amide bonds. The van der Waals surface area contributed by atoms with E-state index in [4.69, 9.17) is 11.6 Å². The van der Waals surface area contributed by atoms with Gasteiger partial charge in [0.05, 0.1) is 0 Å². The highest BCUT2D eigenvalue weighted by Gasteiger charge is 2.00. The lowest BCUT2D eigenvalue weighted by atomic mass is 10.1. The second-order valence-corrected chi connectivity index (χ2v) is 4.25. The van der Waals surface area contributed by atoms with Gasteiger partial charge in [-0.25, -0.2) is 4.39 Å². The summed E-state index contributed by atoms with van der Waals surface area (Å²) in [6, 6.07) is 6.32. The van der Waals surface area contributed by atoms with Gasteiger partial charge < -0.3 is 5.32 Å². The van der Waals surface area contributed by atoms with Gasteiger partial charge in [0.2, 0.25) is 5.91 Å². The van der Waals surface area contributed by atoms with Crippen molar-refractivity contribution in [2.75, 3.05) is 12.4 Å². The highest BCUT2D eigenvalue weighted by atomic mass is 35.5. The van der Waals surface area contributed by atoms with Crippen LogP contribution in [-0.4, -0.2) is 18.3 Å². The van der Waals surface area contributed by atoms with Crippen molar-refractivity contribution in [1.29, 1.82) is 0 Å². The van der Waals surface area contributed by atoms with E-state index in [1.165, 1.54) is 12.1 Å². The molecule has 0 saturated carbocycles. The van der Waals surface area contributed by atoms with Crippen molar-refractivity contribution in [2.24, 2.45) is 0 Å². The van der Waals surface area contributed by atoms with E-state index in [2.05, 4.69) is 5.32 Å². The molecule has 0 aliphatic carbocycles. The number of alkyl halides is 1. The number of benzene rings is 1. The number of rotatable bonds is 7. The maximum absolute atomic E-state index is 12.6. The van der Waals surface area contributed by atoms with Crippen molar-refractivity contribution in [3.63, 3.8) is 0 Å². The average molecular weight is 258 g/mol. The first-order valence-corrected chi connectivity index (χ1v) is 6.33. The molecule has 0 heterocycles. The lowest BCUT2D eigenvalue weighted by Crippen LogP contribution is -2.25. The zero-order chi connectivity index (χ0) is 12.5. The minimum absolute atomic E-state index is 0.0530. The Kier molecular flexibility index (Phi) is 6.63. The summed E-state index contributed by atoms with van der Waals surface area (Å²) in [4.78, 5) is 11.3. The van der Waals surface area contributed by atoms with Crippen LogP contribution < -0.4 is 5.32 Å². The molecule has 94 valence electrons.